The van der Waals surface area contributed by atoms with Crippen molar-refractivity contribution in [3.63, 3.8) is 0 Å². The van der Waals surface area contributed by atoms with Crippen molar-refractivity contribution < 1.29 is 18.7 Å². The maximum Gasteiger partial charge on any atom is 0.169 e. The normalized spacial score (nSPS) is 22.8. The molecule has 0 N–H and O–H groups in total. The quantitative estimate of drug-likeness (QED) is 0.790. The molecular formula is C12H11BrClFO3. The third-order valence-electron chi connectivity index (χ3n) is 2.66. The van der Waals surface area contributed by atoms with E-state index in [2.05, 4.69) is 15.9 Å². The molecule has 98 valence electrons. The third kappa shape index (κ3) is 2.68. The maximum atomic E-state index is 13.4. The first kappa shape index (κ1) is 13.8. The summed E-state index contributed by atoms with van der Waals surface area (Å²) in [5.74, 6) is -0.247. The number of benzene rings is 1. The van der Waals surface area contributed by atoms with Gasteiger partial charge in [0.15, 0.2) is 11.9 Å². The topological polar surface area (TPSA) is 35.5 Å². The van der Waals surface area contributed by atoms with E-state index in [1.165, 1.54) is 12.1 Å². The first-order valence-corrected chi connectivity index (χ1v) is 6.65. The Kier molecular flexibility index (Phi) is 4.25. The van der Waals surface area contributed by atoms with Gasteiger partial charge in [0.1, 0.15) is 17.7 Å². The van der Waals surface area contributed by atoms with E-state index in [0.29, 0.717) is 6.61 Å². The van der Waals surface area contributed by atoms with E-state index in [4.69, 9.17) is 21.1 Å². The van der Waals surface area contributed by atoms with E-state index < -0.39 is 18.0 Å². The Morgan fingerprint density at radius 2 is 2.28 bits per heavy atom. The largest absolute Gasteiger partial charge is 0.485 e. The number of carbonyl (C=O) groups is 1. The lowest BCUT2D eigenvalue weighted by molar-refractivity contribution is -0.154. The van der Waals surface area contributed by atoms with Crippen molar-refractivity contribution in [2.75, 3.05) is 6.61 Å². The second kappa shape index (κ2) is 5.55. The van der Waals surface area contributed by atoms with Gasteiger partial charge in [-0.1, -0.05) is 11.6 Å². The first-order chi connectivity index (χ1) is 8.52. The summed E-state index contributed by atoms with van der Waals surface area (Å²) in [6, 6.07) is 2.61. The number of hydrogen-bond acceptors (Lipinski definition) is 3. The van der Waals surface area contributed by atoms with Gasteiger partial charge in [-0.2, -0.15) is 0 Å². The number of ether oxygens (including phenoxy) is 2. The predicted molar refractivity (Wildman–Crippen MR) is 68.6 cm³/mol. The summed E-state index contributed by atoms with van der Waals surface area (Å²) in [5.41, 5.74) is 0. The molecule has 1 fully saturated rings. The molecule has 1 saturated carbocycles. The van der Waals surface area contributed by atoms with Gasteiger partial charge in [-0.3, -0.25) is 4.79 Å². The fourth-order valence-electron chi connectivity index (χ4n) is 1.71. The molecular weight excluding hydrogens is 326 g/mol. The van der Waals surface area contributed by atoms with Crippen LogP contribution in [0.3, 0.4) is 0 Å². The standard InChI is InChI=1S/C12H11BrClFO3/c1-2-17-12-9(16)5-11(12)18-10-4-8(15)6(13)3-7(10)14/h3-4,11-12H,2,5H2,1H3. The molecule has 0 spiro atoms. The number of ketones is 1. The van der Waals surface area contributed by atoms with Gasteiger partial charge < -0.3 is 9.47 Å². The molecule has 3 nitrogen and oxygen atoms in total. The van der Waals surface area contributed by atoms with Crippen molar-refractivity contribution in [3.05, 3.63) is 27.4 Å². The van der Waals surface area contributed by atoms with Gasteiger partial charge in [0.25, 0.3) is 0 Å². The molecule has 1 aliphatic carbocycles. The van der Waals surface area contributed by atoms with E-state index >= 15 is 0 Å². The molecule has 2 atom stereocenters. The van der Waals surface area contributed by atoms with Crippen LogP contribution in [0.1, 0.15) is 13.3 Å². The average molecular weight is 338 g/mol. The van der Waals surface area contributed by atoms with Crippen molar-refractivity contribution in [1.29, 1.82) is 0 Å². The molecule has 0 heterocycles. The number of hydrogen-bond donors (Lipinski definition) is 0. The molecule has 0 amide bonds. The van der Waals surface area contributed by atoms with Gasteiger partial charge in [0.05, 0.1) is 9.50 Å². The summed E-state index contributed by atoms with van der Waals surface area (Å²) in [4.78, 5) is 11.3. The Bertz CT molecular complexity index is 481. The summed E-state index contributed by atoms with van der Waals surface area (Å²) < 4.78 is 24.4. The van der Waals surface area contributed by atoms with Gasteiger partial charge in [-0.25, -0.2) is 4.39 Å². The highest BCUT2D eigenvalue weighted by molar-refractivity contribution is 9.10. The van der Waals surface area contributed by atoms with Crippen molar-refractivity contribution in [2.45, 2.75) is 25.6 Å². The van der Waals surface area contributed by atoms with Crippen LogP contribution in [0.5, 0.6) is 5.75 Å². The highest BCUT2D eigenvalue weighted by Crippen LogP contribution is 2.34. The summed E-state index contributed by atoms with van der Waals surface area (Å²) in [6.45, 7) is 2.23. The number of carbonyl (C=O) groups excluding carboxylic acids is 1. The van der Waals surface area contributed by atoms with Crippen LogP contribution >= 0.6 is 27.5 Å². The molecule has 0 aliphatic heterocycles. The second-order valence-corrected chi connectivity index (χ2v) is 5.16. The lowest BCUT2D eigenvalue weighted by atomic mass is 9.90. The minimum atomic E-state index is -0.572. The third-order valence-corrected chi connectivity index (χ3v) is 3.56. The molecule has 1 aromatic carbocycles. The van der Waals surface area contributed by atoms with E-state index in [0.717, 1.165) is 0 Å². The molecule has 0 aromatic heterocycles. The fourth-order valence-corrected chi connectivity index (χ4v) is 2.39. The molecule has 1 aromatic rings. The number of rotatable bonds is 4. The summed E-state index contributed by atoms with van der Waals surface area (Å²) in [5, 5.41) is 0.290. The van der Waals surface area contributed by atoms with Crippen molar-refractivity contribution >= 4 is 33.3 Å². The van der Waals surface area contributed by atoms with Crippen molar-refractivity contribution in [3.8, 4) is 5.75 Å². The Balaban J connectivity index is 2.10. The van der Waals surface area contributed by atoms with Crippen LogP contribution in [-0.2, 0) is 9.53 Å². The van der Waals surface area contributed by atoms with Crippen LogP contribution in [0.2, 0.25) is 5.02 Å². The molecule has 0 radical (unpaired) electrons. The summed E-state index contributed by atoms with van der Waals surface area (Å²) in [6.07, 6.45) is -0.702. The van der Waals surface area contributed by atoms with Crippen LogP contribution in [0.15, 0.2) is 16.6 Å². The second-order valence-electron chi connectivity index (χ2n) is 3.90. The van der Waals surface area contributed by atoms with Gasteiger partial charge in [0.2, 0.25) is 0 Å². The molecule has 0 saturated heterocycles. The Hall–Kier alpha value is -0.650. The van der Waals surface area contributed by atoms with Crippen LogP contribution < -0.4 is 4.74 Å². The average Bonchev–Trinajstić information content (AvgIpc) is 2.32. The molecule has 0 bridgehead atoms. The fraction of sp³-hybridized carbons (Fsp3) is 0.417. The summed E-state index contributed by atoms with van der Waals surface area (Å²) >= 11 is 8.97. The van der Waals surface area contributed by atoms with Gasteiger partial charge >= 0.3 is 0 Å². The minimum Gasteiger partial charge on any atom is -0.485 e. The number of halogens is 3. The lowest BCUT2D eigenvalue weighted by Crippen LogP contribution is -2.52. The summed E-state index contributed by atoms with van der Waals surface area (Å²) in [7, 11) is 0. The first-order valence-electron chi connectivity index (χ1n) is 5.48. The highest BCUT2D eigenvalue weighted by atomic mass is 79.9. The smallest absolute Gasteiger partial charge is 0.169 e. The molecule has 2 rings (SSSR count). The van der Waals surface area contributed by atoms with Crippen LogP contribution in [0.4, 0.5) is 4.39 Å². The van der Waals surface area contributed by atoms with Gasteiger partial charge in [0, 0.05) is 19.1 Å². The van der Waals surface area contributed by atoms with Crippen molar-refractivity contribution in [1.82, 2.24) is 0 Å². The zero-order valence-corrected chi connectivity index (χ0v) is 11.9. The molecule has 18 heavy (non-hydrogen) atoms. The Labute approximate surface area is 117 Å². The minimum absolute atomic E-state index is 0.00411. The zero-order chi connectivity index (χ0) is 13.3. The van der Waals surface area contributed by atoms with Gasteiger partial charge in [-0.15, -0.1) is 0 Å². The Morgan fingerprint density at radius 1 is 1.56 bits per heavy atom. The zero-order valence-electron chi connectivity index (χ0n) is 9.58. The Morgan fingerprint density at radius 3 is 2.89 bits per heavy atom. The van der Waals surface area contributed by atoms with E-state index in [1.807, 2.05) is 0 Å². The van der Waals surface area contributed by atoms with Crippen molar-refractivity contribution in [2.24, 2.45) is 0 Å². The van der Waals surface area contributed by atoms with Crippen LogP contribution in [-0.4, -0.2) is 24.6 Å². The monoisotopic (exact) mass is 336 g/mol. The SMILES string of the molecule is CCOC1C(=O)CC1Oc1cc(F)c(Br)cc1Cl. The maximum absolute atomic E-state index is 13.4. The van der Waals surface area contributed by atoms with E-state index in [9.17, 15) is 9.18 Å². The number of Topliss-reactive ketones (excluding diaryl/α,β-unsaturated/α-hetero) is 1. The highest BCUT2D eigenvalue weighted by Gasteiger charge is 2.42. The molecule has 6 heteroatoms. The van der Waals surface area contributed by atoms with Gasteiger partial charge in [-0.05, 0) is 28.9 Å². The van der Waals surface area contributed by atoms with E-state index in [-0.39, 0.29) is 27.4 Å². The van der Waals surface area contributed by atoms with Crippen LogP contribution in [0.25, 0.3) is 0 Å². The lowest BCUT2D eigenvalue weighted by Gasteiger charge is -2.34. The predicted octanol–water partition coefficient (Wildman–Crippen LogP) is 3.37. The van der Waals surface area contributed by atoms with E-state index in [1.54, 1.807) is 6.92 Å². The van der Waals surface area contributed by atoms with Crippen LogP contribution in [0, 0.1) is 5.82 Å². The molecule has 2 unspecified atom stereocenters. The molecule has 1 aliphatic rings.